The van der Waals surface area contributed by atoms with E-state index < -0.39 is 0 Å². The van der Waals surface area contributed by atoms with Gasteiger partial charge in [-0.25, -0.2) is 0 Å². The molecule has 0 spiro atoms. The summed E-state index contributed by atoms with van der Waals surface area (Å²) >= 11 is 0. The molecule has 1 heteroatoms. The first-order valence-electron chi connectivity index (χ1n) is 6.78. The van der Waals surface area contributed by atoms with Crippen LogP contribution < -0.4 is 5.32 Å². The molecule has 1 nitrogen and oxygen atoms in total. The molecule has 3 rings (SSSR count). The number of hydrogen-bond donors (Lipinski definition) is 1. The van der Waals surface area contributed by atoms with Crippen molar-refractivity contribution in [3.63, 3.8) is 0 Å². The Morgan fingerprint density at radius 3 is 2.75 bits per heavy atom. The Hall–Kier alpha value is -0.980. The number of hydrogen-bond acceptors (Lipinski definition) is 1. The molecule has 1 saturated carbocycles. The van der Waals surface area contributed by atoms with Crippen LogP contribution in [0.4, 0.5) is 5.69 Å². The molecule has 0 radical (unpaired) electrons. The van der Waals surface area contributed by atoms with E-state index in [9.17, 15) is 0 Å². The SMILES string of the molecule is c1cc2c(c(NCC3CCC3)c1)CCCC2. The fourth-order valence-corrected chi connectivity index (χ4v) is 2.90. The molecule has 0 amide bonds. The molecule has 1 N–H and O–H groups in total. The summed E-state index contributed by atoms with van der Waals surface area (Å²) < 4.78 is 0. The molecule has 0 aliphatic heterocycles. The maximum absolute atomic E-state index is 3.67. The van der Waals surface area contributed by atoms with Crippen LogP contribution >= 0.6 is 0 Å². The fraction of sp³-hybridized carbons (Fsp3) is 0.600. The summed E-state index contributed by atoms with van der Waals surface area (Å²) in [5.41, 5.74) is 4.61. The van der Waals surface area contributed by atoms with E-state index >= 15 is 0 Å². The molecular weight excluding hydrogens is 194 g/mol. The van der Waals surface area contributed by atoms with Crippen LogP contribution in [0.15, 0.2) is 18.2 Å². The molecule has 86 valence electrons. The minimum Gasteiger partial charge on any atom is -0.385 e. The van der Waals surface area contributed by atoms with Crippen LogP contribution in [-0.2, 0) is 12.8 Å². The van der Waals surface area contributed by atoms with Crippen molar-refractivity contribution in [3.8, 4) is 0 Å². The van der Waals surface area contributed by atoms with Crippen LogP contribution in [0.5, 0.6) is 0 Å². The van der Waals surface area contributed by atoms with Gasteiger partial charge in [-0.3, -0.25) is 0 Å². The molecule has 2 aliphatic carbocycles. The van der Waals surface area contributed by atoms with Gasteiger partial charge in [-0.1, -0.05) is 18.6 Å². The summed E-state index contributed by atoms with van der Waals surface area (Å²) in [6.07, 6.45) is 9.62. The third-order valence-corrected chi connectivity index (χ3v) is 4.20. The fourth-order valence-electron chi connectivity index (χ4n) is 2.90. The van der Waals surface area contributed by atoms with Gasteiger partial charge in [0.15, 0.2) is 0 Å². The van der Waals surface area contributed by atoms with Gasteiger partial charge in [-0.15, -0.1) is 0 Å². The molecule has 1 fully saturated rings. The third kappa shape index (κ3) is 1.95. The van der Waals surface area contributed by atoms with Gasteiger partial charge < -0.3 is 5.32 Å². The van der Waals surface area contributed by atoms with Crippen molar-refractivity contribution in [2.24, 2.45) is 5.92 Å². The standard InChI is InChI=1S/C15H21N/c1-2-9-14-13(7-1)8-4-10-15(14)16-11-12-5-3-6-12/h4,8,10,12,16H,1-3,5-7,9,11H2. The highest BCUT2D eigenvalue weighted by atomic mass is 14.9. The lowest BCUT2D eigenvalue weighted by Crippen LogP contribution is -2.21. The molecule has 0 bridgehead atoms. The second kappa shape index (κ2) is 4.48. The highest BCUT2D eigenvalue weighted by Gasteiger charge is 2.18. The van der Waals surface area contributed by atoms with Crippen LogP contribution in [0.1, 0.15) is 43.2 Å². The molecule has 1 aromatic carbocycles. The third-order valence-electron chi connectivity index (χ3n) is 4.20. The Balaban J connectivity index is 1.72. The molecule has 0 unspecified atom stereocenters. The number of aryl methyl sites for hydroxylation is 1. The number of rotatable bonds is 3. The Morgan fingerprint density at radius 2 is 1.94 bits per heavy atom. The van der Waals surface area contributed by atoms with Gasteiger partial charge in [0, 0.05) is 12.2 Å². The number of benzene rings is 1. The lowest BCUT2D eigenvalue weighted by molar-refractivity contribution is 0.333. The van der Waals surface area contributed by atoms with Crippen molar-refractivity contribution in [3.05, 3.63) is 29.3 Å². The lowest BCUT2D eigenvalue weighted by Gasteiger charge is -2.27. The number of nitrogens with one attached hydrogen (secondary N) is 1. The summed E-state index contributed by atoms with van der Waals surface area (Å²) in [6, 6.07) is 6.79. The molecule has 16 heavy (non-hydrogen) atoms. The van der Waals surface area contributed by atoms with Gasteiger partial charge in [0.25, 0.3) is 0 Å². The Bertz CT molecular complexity index is 366. The van der Waals surface area contributed by atoms with E-state index in [0.29, 0.717) is 0 Å². The van der Waals surface area contributed by atoms with E-state index in [1.807, 2.05) is 0 Å². The largest absolute Gasteiger partial charge is 0.385 e. The van der Waals surface area contributed by atoms with Crippen LogP contribution in [0.25, 0.3) is 0 Å². The van der Waals surface area contributed by atoms with Crippen molar-refractivity contribution >= 4 is 5.69 Å². The van der Waals surface area contributed by atoms with Crippen molar-refractivity contribution in [2.75, 3.05) is 11.9 Å². The van der Waals surface area contributed by atoms with Gasteiger partial charge in [-0.05, 0) is 61.6 Å². The predicted molar refractivity (Wildman–Crippen MR) is 68.9 cm³/mol. The van der Waals surface area contributed by atoms with Gasteiger partial charge in [0.2, 0.25) is 0 Å². The summed E-state index contributed by atoms with van der Waals surface area (Å²) in [4.78, 5) is 0. The van der Waals surface area contributed by atoms with E-state index in [-0.39, 0.29) is 0 Å². The van der Waals surface area contributed by atoms with Crippen molar-refractivity contribution in [1.29, 1.82) is 0 Å². The number of anilines is 1. The maximum atomic E-state index is 3.67. The minimum absolute atomic E-state index is 0.944. The molecule has 0 heterocycles. The maximum Gasteiger partial charge on any atom is 0.0375 e. The Morgan fingerprint density at radius 1 is 1.06 bits per heavy atom. The normalized spacial score (nSPS) is 20.0. The minimum atomic E-state index is 0.944. The van der Waals surface area contributed by atoms with Crippen molar-refractivity contribution in [1.82, 2.24) is 0 Å². The van der Waals surface area contributed by atoms with Crippen LogP contribution in [0.2, 0.25) is 0 Å². The smallest absolute Gasteiger partial charge is 0.0375 e. The van der Waals surface area contributed by atoms with E-state index in [0.717, 1.165) is 5.92 Å². The number of fused-ring (bicyclic) bond motifs is 1. The summed E-state index contributed by atoms with van der Waals surface area (Å²) in [7, 11) is 0. The second-order valence-corrected chi connectivity index (χ2v) is 5.33. The van der Waals surface area contributed by atoms with E-state index in [2.05, 4.69) is 23.5 Å². The van der Waals surface area contributed by atoms with Crippen molar-refractivity contribution in [2.45, 2.75) is 44.9 Å². The van der Waals surface area contributed by atoms with Crippen LogP contribution in [0.3, 0.4) is 0 Å². The first kappa shape index (κ1) is 10.2. The molecule has 2 aliphatic rings. The monoisotopic (exact) mass is 215 g/mol. The van der Waals surface area contributed by atoms with Crippen molar-refractivity contribution < 1.29 is 0 Å². The van der Waals surface area contributed by atoms with Crippen LogP contribution in [-0.4, -0.2) is 6.54 Å². The van der Waals surface area contributed by atoms with E-state index in [1.165, 1.54) is 57.2 Å². The van der Waals surface area contributed by atoms with Gasteiger partial charge in [0.05, 0.1) is 0 Å². The molecule has 0 atom stereocenters. The Labute approximate surface area is 98.3 Å². The lowest BCUT2D eigenvalue weighted by atomic mass is 9.85. The summed E-state index contributed by atoms with van der Waals surface area (Å²) in [6.45, 7) is 1.19. The molecule has 0 aromatic heterocycles. The zero-order chi connectivity index (χ0) is 10.8. The average Bonchev–Trinajstić information content (AvgIpc) is 2.27. The summed E-state index contributed by atoms with van der Waals surface area (Å²) in [5, 5.41) is 3.67. The molecular formula is C15H21N. The zero-order valence-corrected chi connectivity index (χ0v) is 9.97. The zero-order valence-electron chi connectivity index (χ0n) is 9.97. The average molecular weight is 215 g/mol. The topological polar surface area (TPSA) is 12.0 Å². The van der Waals surface area contributed by atoms with Crippen LogP contribution in [0, 0.1) is 5.92 Å². The van der Waals surface area contributed by atoms with Gasteiger partial charge in [-0.2, -0.15) is 0 Å². The Kier molecular flexibility index (Phi) is 2.86. The highest BCUT2D eigenvalue weighted by Crippen LogP contribution is 2.30. The quantitative estimate of drug-likeness (QED) is 0.809. The predicted octanol–water partition coefficient (Wildman–Crippen LogP) is 3.78. The van der Waals surface area contributed by atoms with Gasteiger partial charge in [0.1, 0.15) is 0 Å². The van der Waals surface area contributed by atoms with E-state index in [4.69, 9.17) is 0 Å². The first-order chi connectivity index (χ1) is 7.93. The van der Waals surface area contributed by atoms with E-state index in [1.54, 1.807) is 11.1 Å². The first-order valence-corrected chi connectivity index (χ1v) is 6.78. The molecule has 1 aromatic rings. The molecule has 0 saturated heterocycles. The highest BCUT2D eigenvalue weighted by molar-refractivity contribution is 5.55. The van der Waals surface area contributed by atoms with Gasteiger partial charge >= 0.3 is 0 Å². The summed E-state index contributed by atoms with van der Waals surface area (Å²) in [5.74, 6) is 0.944. The second-order valence-electron chi connectivity index (χ2n) is 5.33.